The maximum atomic E-state index is 2.50. The maximum Gasteiger partial charge on any atom is 0 e. The fraction of sp³-hybridized carbons (Fsp3) is 0.375. The predicted molar refractivity (Wildman–Crippen MR) is 158 cm³/mol. The predicted octanol–water partition coefficient (Wildman–Crippen LogP) is 8.90. The topological polar surface area (TPSA) is 0 Å². The molecule has 0 radical (unpaired) electrons. The minimum atomic E-state index is 0. The zero-order chi connectivity index (χ0) is 23.9. The van der Waals surface area contributed by atoms with E-state index in [-0.39, 0.29) is 36.3 Å². The molecule has 2 saturated heterocycles. The van der Waals surface area contributed by atoms with Gasteiger partial charge in [0.25, 0.3) is 0 Å². The molecular weight excluding hydrogens is 553 g/mol. The molecule has 2 aliphatic rings. The first-order valence-corrected chi connectivity index (χ1v) is 15.9. The molecule has 35 heavy (non-hydrogen) atoms. The molecule has 4 atom stereocenters. The molecule has 2 aliphatic heterocycles. The molecule has 0 saturated carbocycles. The summed E-state index contributed by atoms with van der Waals surface area (Å²) in [7, 11) is 0.157. The molecule has 188 valence electrons. The molecular formula is C32H40P2Pd. The fourth-order valence-electron chi connectivity index (χ4n) is 5.56. The molecule has 0 N–H and O–H groups in total. The van der Waals surface area contributed by atoms with Gasteiger partial charge in [-0.3, -0.25) is 0 Å². The molecule has 3 aromatic carbocycles. The molecule has 0 amide bonds. The average Bonchev–Trinajstić information content (AvgIpc) is 3.39. The van der Waals surface area contributed by atoms with Crippen LogP contribution >= 0.6 is 15.8 Å². The van der Waals surface area contributed by atoms with Crippen LogP contribution < -0.4 is 10.6 Å². The smallest absolute Gasteiger partial charge is 0 e. The summed E-state index contributed by atoms with van der Waals surface area (Å²) < 4.78 is 0. The molecule has 0 aliphatic carbocycles. The van der Waals surface area contributed by atoms with Gasteiger partial charge in [0.05, 0.1) is 0 Å². The van der Waals surface area contributed by atoms with Crippen molar-refractivity contribution in [2.75, 3.05) is 0 Å². The van der Waals surface area contributed by atoms with E-state index in [2.05, 4.69) is 88.4 Å². The van der Waals surface area contributed by atoms with Crippen LogP contribution in [0.15, 0.2) is 84.9 Å². The molecule has 0 unspecified atom stereocenters. The van der Waals surface area contributed by atoms with Gasteiger partial charge in [-0.15, -0.1) is 0 Å². The first kappa shape index (κ1) is 28.5. The van der Waals surface area contributed by atoms with E-state index in [1.165, 1.54) is 36.8 Å². The van der Waals surface area contributed by atoms with Crippen molar-refractivity contribution >= 4 is 38.6 Å². The summed E-state index contributed by atoms with van der Waals surface area (Å²) in [6.45, 7) is 10.0. The van der Waals surface area contributed by atoms with Gasteiger partial charge >= 0.3 is 0 Å². The van der Waals surface area contributed by atoms with Gasteiger partial charge in [-0.05, 0) is 70.1 Å². The molecule has 0 aromatic heterocycles. The Morgan fingerprint density at radius 3 is 1.09 bits per heavy atom. The van der Waals surface area contributed by atoms with Gasteiger partial charge in [-0.1, -0.05) is 141 Å². The van der Waals surface area contributed by atoms with Gasteiger partial charge in [-0.25, -0.2) is 0 Å². The van der Waals surface area contributed by atoms with Gasteiger partial charge in [0.2, 0.25) is 0 Å². The van der Waals surface area contributed by atoms with Gasteiger partial charge in [0.1, 0.15) is 0 Å². The molecule has 2 heterocycles. The van der Waals surface area contributed by atoms with Crippen molar-refractivity contribution in [3.8, 4) is 0 Å². The van der Waals surface area contributed by atoms with Crippen LogP contribution in [-0.4, -0.2) is 22.6 Å². The van der Waals surface area contributed by atoms with Gasteiger partial charge in [0.15, 0.2) is 0 Å². The van der Waals surface area contributed by atoms with E-state index in [0.717, 1.165) is 22.6 Å². The summed E-state index contributed by atoms with van der Waals surface area (Å²) in [4.78, 5) is 0. The summed E-state index contributed by atoms with van der Waals surface area (Å²) in [5.41, 5.74) is 6.20. The van der Waals surface area contributed by atoms with Crippen LogP contribution in [0.3, 0.4) is 0 Å². The van der Waals surface area contributed by atoms with Crippen molar-refractivity contribution < 1.29 is 20.4 Å². The van der Waals surface area contributed by atoms with E-state index in [0.29, 0.717) is 0 Å². The Bertz CT molecular complexity index is 945. The standard InChI is InChI=1S/C18H28P2.C14H12.Pd/c1-13-9-10-14(2)19(13)17-7-5-6-8-18(17)20-15(3)11-12-16(20)4;1-3-7-13(8-4-1)11-12-14-9-5-2-6-10-14;/h5-8,13-16H,9-12H2,1-4H3;1-12H;/b;12-11+;/t13-,14-,15-,16-;;/m1../s1. The van der Waals surface area contributed by atoms with E-state index >= 15 is 0 Å². The number of hydrogen-bond donors (Lipinski definition) is 0. The van der Waals surface area contributed by atoms with Crippen LogP contribution in [0.2, 0.25) is 0 Å². The third-order valence-electron chi connectivity index (χ3n) is 7.41. The summed E-state index contributed by atoms with van der Waals surface area (Å²) in [5, 5.41) is 3.57. The summed E-state index contributed by atoms with van der Waals surface area (Å²) in [5.74, 6) is 0. The zero-order valence-corrected chi connectivity index (χ0v) is 24.9. The SMILES string of the molecule is C(=C\c1ccccc1)/c1ccccc1.C[C@@H]1CC[C@@H](C)P1c1ccccc1P1[C@H](C)CC[C@H]1C.[Pd]. The van der Waals surface area contributed by atoms with Crippen LogP contribution in [0.4, 0.5) is 0 Å². The monoisotopic (exact) mass is 592 g/mol. The van der Waals surface area contributed by atoms with Crippen LogP contribution in [0.5, 0.6) is 0 Å². The minimum absolute atomic E-state index is 0. The molecule has 0 nitrogen and oxygen atoms in total. The second kappa shape index (κ2) is 14.0. The third-order valence-corrected chi connectivity index (χ3v) is 14.3. The Kier molecular flexibility index (Phi) is 11.4. The Morgan fingerprint density at radius 2 is 0.771 bits per heavy atom. The van der Waals surface area contributed by atoms with Crippen molar-refractivity contribution in [3.05, 3.63) is 96.1 Å². The second-order valence-corrected chi connectivity index (χ2v) is 16.1. The maximum absolute atomic E-state index is 2.50. The van der Waals surface area contributed by atoms with Crippen molar-refractivity contribution in [3.63, 3.8) is 0 Å². The first-order valence-electron chi connectivity index (χ1n) is 13.0. The summed E-state index contributed by atoms with van der Waals surface area (Å²) >= 11 is 0. The minimum Gasteiger partial charge on any atom is -0.0688 e. The van der Waals surface area contributed by atoms with Crippen LogP contribution in [0.1, 0.15) is 64.5 Å². The summed E-state index contributed by atoms with van der Waals surface area (Å²) in [6.07, 6.45) is 10.0. The Hall–Kier alpha value is -1.08. The summed E-state index contributed by atoms with van der Waals surface area (Å²) in [6, 6.07) is 30.2. The molecule has 5 rings (SSSR count). The molecule has 2 fully saturated rings. The van der Waals surface area contributed by atoms with Crippen LogP contribution in [0.25, 0.3) is 12.2 Å². The third kappa shape index (κ3) is 7.47. The Labute approximate surface area is 230 Å². The van der Waals surface area contributed by atoms with Gasteiger partial charge in [0, 0.05) is 20.4 Å². The van der Waals surface area contributed by atoms with Crippen molar-refractivity contribution in [2.24, 2.45) is 0 Å². The average molecular weight is 593 g/mol. The van der Waals surface area contributed by atoms with Crippen molar-refractivity contribution in [1.29, 1.82) is 0 Å². The molecule has 3 heteroatoms. The molecule has 0 bridgehead atoms. The van der Waals surface area contributed by atoms with Crippen molar-refractivity contribution in [2.45, 2.75) is 76.0 Å². The fourth-order valence-corrected chi connectivity index (χ4v) is 12.8. The number of rotatable bonds is 4. The number of hydrogen-bond acceptors (Lipinski definition) is 0. The normalized spacial score (nSPS) is 24.7. The van der Waals surface area contributed by atoms with Gasteiger partial charge in [-0.2, -0.15) is 0 Å². The second-order valence-electron chi connectivity index (χ2n) is 10.0. The van der Waals surface area contributed by atoms with E-state index in [4.69, 9.17) is 0 Å². The molecule has 0 spiro atoms. The van der Waals surface area contributed by atoms with E-state index in [1.54, 1.807) is 10.6 Å². The van der Waals surface area contributed by atoms with E-state index < -0.39 is 0 Å². The first-order chi connectivity index (χ1) is 16.5. The quantitative estimate of drug-likeness (QED) is 0.161. The van der Waals surface area contributed by atoms with Gasteiger partial charge < -0.3 is 0 Å². The number of benzene rings is 3. The van der Waals surface area contributed by atoms with Crippen LogP contribution in [-0.2, 0) is 20.4 Å². The van der Waals surface area contributed by atoms with Crippen LogP contribution in [0, 0.1) is 0 Å². The van der Waals surface area contributed by atoms with Crippen molar-refractivity contribution in [1.82, 2.24) is 0 Å². The Balaban J connectivity index is 0.000000202. The zero-order valence-electron chi connectivity index (χ0n) is 21.6. The Morgan fingerprint density at radius 1 is 0.486 bits per heavy atom. The van der Waals surface area contributed by atoms with E-state index in [1.807, 2.05) is 36.4 Å². The largest absolute Gasteiger partial charge is 0.0688 e. The van der Waals surface area contributed by atoms with E-state index in [9.17, 15) is 0 Å². The molecule has 3 aromatic rings.